The minimum absolute atomic E-state index is 0.112. The normalized spacial score (nSPS) is 23.7. The van der Waals surface area contributed by atoms with Gasteiger partial charge >= 0.3 is 6.03 Å². The molecule has 2 spiro atoms. The largest absolute Gasteiger partial charge is 0.495 e. The summed E-state index contributed by atoms with van der Waals surface area (Å²) in [6, 6.07) is 4.92. The molecule has 140 valence electrons. The fourth-order valence-electron chi connectivity index (χ4n) is 4.01. The summed E-state index contributed by atoms with van der Waals surface area (Å²) in [5.74, 6) is -0.282. The summed E-state index contributed by atoms with van der Waals surface area (Å²) in [6.45, 7) is 1.27. The molecule has 0 atom stereocenters. The van der Waals surface area contributed by atoms with E-state index in [4.69, 9.17) is 25.8 Å². The zero-order valence-corrected chi connectivity index (χ0v) is 15.3. The molecule has 2 heterocycles. The van der Waals surface area contributed by atoms with Crippen molar-refractivity contribution in [3.05, 3.63) is 28.8 Å². The number of methoxy groups -OCH3 is 1. The molecule has 0 radical (unpaired) electrons. The van der Waals surface area contributed by atoms with Crippen LogP contribution in [0.15, 0.2) is 18.2 Å². The summed E-state index contributed by atoms with van der Waals surface area (Å²) >= 11 is 6.31. The highest BCUT2D eigenvalue weighted by molar-refractivity contribution is 6.32. The number of halogens is 1. The van der Waals surface area contributed by atoms with Crippen LogP contribution >= 0.6 is 11.6 Å². The highest BCUT2D eigenvalue weighted by atomic mass is 35.5. The molecular weight excluding hydrogens is 360 g/mol. The van der Waals surface area contributed by atoms with Crippen molar-refractivity contribution in [2.24, 2.45) is 0 Å². The Balaban J connectivity index is 1.51. The van der Waals surface area contributed by atoms with E-state index in [0.717, 1.165) is 0 Å². The Labute approximate surface area is 156 Å². The summed E-state index contributed by atoms with van der Waals surface area (Å²) < 4.78 is 16.6. The molecule has 1 aromatic rings. The third kappa shape index (κ3) is 2.74. The molecule has 1 saturated carbocycles. The molecule has 3 aliphatic rings. The highest BCUT2D eigenvalue weighted by Gasteiger charge is 2.56. The Morgan fingerprint density at radius 3 is 2.54 bits per heavy atom. The van der Waals surface area contributed by atoms with E-state index >= 15 is 0 Å². The van der Waals surface area contributed by atoms with Crippen LogP contribution < -0.4 is 10.1 Å². The predicted molar refractivity (Wildman–Crippen MR) is 92.9 cm³/mol. The van der Waals surface area contributed by atoms with Gasteiger partial charge in [-0.15, -0.1) is 0 Å². The molecule has 2 aliphatic heterocycles. The summed E-state index contributed by atoms with van der Waals surface area (Å²) in [6.07, 6.45) is 2.18. The standard InChI is InChI=1S/C18H21ClN2O5/c1-24-13-4-2-3-12(14(13)19)11-21-15(22)17(20-16(21)23)5-7-18(8-6-17)25-9-10-26-18/h2-4H,5-11H2,1H3,(H,20,23). The number of carbonyl (C=O) groups excluding carboxylic acids is 2. The van der Waals surface area contributed by atoms with Gasteiger partial charge in [0.25, 0.3) is 5.91 Å². The Morgan fingerprint density at radius 1 is 1.19 bits per heavy atom. The minimum atomic E-state index is -0.872. The smallest absolute Gasteiger partial charge is 0.325 e. The molecule has 1 aromatic carbocycles. The van der Waals surface area contributed by atoms with Crippen molar-refractivity contribution in [2.75, 3.05) is 20.3 Å². The van der Waals surface area contributed by atoms with Crippen molar-refractivity contribution in [3.8, 4) is 5.75 Å². The second-order valence-corrected chi connectivity index (χ2v) is 7.32. The number of imide groups is 1. The zero-order chi connectivity index (χ0) is 18.4. The van der Waals surface area contributed by atoms with E-state index < -0.39 is 17.4 Å². The van der Waals surface area contributed by atoms with Crippen LogP contribution in [-0.2, 0) is 20.8 Å². The van der Waals surface area contributed by atoms with Crippen LogP contribution in [0.2, 0.25) is 5.02 Å². The van der Waals surface area contributed by atoms with E-state index in [0.29, 0.717) is 55.2 Å². The average Bonchev–Trinajstić information content (AvgIpc) is 3.18. The molecule has 4 rings (SSSR count). The number of ether oxygens (including phenoxy) is 3. The van der Waals surface area contributed by atoms with Crippen LogP contribution in [0.4, 0.5) is 4.79 Å². The fraction of sp³-hybridized carbons (Fsp3) is 0.556. The number of carbonyl (C=O) groups is 2. The first-order chi connectivity index (χ1) is 12.5. The second kappa shape index (κ2) is 6.40. The van der Waals surface area contributed by atoms with Crippen molar-refractivity contribution >= 4 is 23.5 Å². The minimum Gasteiger partial charge on any atom is -0.495 e. The Kier molecular flexibility index (Phi) is 4.33. The van der Waals surface area contributed by atoms with Gasteiger partial charge in [-0.3, -0.25) is 9.69 Å². The maximum Gasteiger partial charge on any atom is 0.325 e. The van der Waals surface area contributed by atoms with E-state index in [1.807, 2.05) is 0 Å². The number of benzene rings is 1. The van der Waals surface area contributed by atoms with Gasteiger partial charge in [0, 0.05) is 12.8 Å². The molecular formula is C18H21ClN2O5. The van der Waals surface area contributed by atoms with Gasteiger partial charge in [0.1, 0.15) is 11.3 Å². The first kappa shape index (κ1) is 17.6. The fourth-order valence-corrected chi connectivity index (χ4v) is 4.27. The Hall–Kier alpha value is -1.83. The van der Waals surface area contributed by atoms with Crippen molar-refractivity contribution in [1.29, 1.82) is 0 Å². The van der Waals surface area contributed by atoms with Crippen LogP contribution in [-0.4, -0.2) is 48.5 Å². The third-order valence-electron chi connectivity index (χ3n) is 5.52. The van der Waals surface area contributed by atoms with E-state index in [-0.39, 0.29) is 12.5 Å². The SMILES string of the molecule is COc1cccc(CN2C(=O)NC3(CCC4(CC3)OCCO4)C2=O)c1Cl. The van der Waals surface area contributed by atoms with Gasteiger partial charge < -0.3 is 19.5 Å². The topological polar surface area (TPSA) is 77.1 Å². The molecule has 1 N–H and O–H groups in total. The lowest BCUT2D eigenvalue weighted by atomic mass is 9.78. The van der Waals surface area contributed by atoms with E-state index in [1.165, 1.54) is 12.0 Å². The van der Waals surface area contributed by atoms with Crippen molar-refractivity contribution in [1.82, 2.24) is 10.2 Å². The number of nitrogens with one attached hydrogen (secondary N) is 1. The van der Waals surface area contributed by atoms with Gasteiger partial charge in [0.2, 0.25) is 0 Å². The maximum atomic E-state index is 13.1. The van der Waals surface area contributed by atoms with Crippen LogP contribution in [0.25, 0.3) is 0 Å². The lowest BCUT2D eigenvalue weighted by molar-refractivity contribution is -0.186. The van der Waals surface area contributed by atoms with Crippen LogP contribution in [0, 0.1) is 0 Å². The van der Waals surface area contributed by atoms with Crippen LogP contribution in [0.3, 0.4) is 0 Å². The Morgan fingerprint density at radius 2 is 1.88 bits per heavy atom. The molecule has 0 aromatic heterocycles. The van der Waals surface area contributed by atoms with Gasteiger partial charge in [-0.05, 0) is 24.5 Å². The Bertz CT molecular complexity index is 737. The monoisotopic (exact) mass is 380 g/mol. The maximum absolute atomic E-state index is 13.1. The summed E-state index contributed by atoms with van der Waals surface area (Å²) in [7, 11) is 1.53. The van der Waals surface area contributed by atoms with E-state index in [9.17, 15) is 9.59 Å². The molecule has 2 saturated heterocycles. The number of hydrogen-bond donors (Lipinski definition) is 1. The molecule has 3 amide bonds. The molecule has 7 nitrogen and oxygen atoms in total. The lowest BCUT2D eigenvalue weighted by Gasteiger charge is -2.39. The van der Waals surface area contributed by atoms with Crippen molar-refractivity contribution < 1.29 is 23.8 Å². The second-order valence-electron chi connectivity index (χ2n) is 6.94. The molecule has 26 heavy (non-hydrogen) atoms. The third-order valence-corrected chi connectivity index (χ3v) is 5.95. The van der Waals surface area contributed by atoms with Crippen LogP contribution in [0.5, 0.6) is 5.75 Å². The molecule has 1 aliphatic carbocycles. The number of rotatable bonds is 3. The number of hydrogen-bond acceptors (Lipinski definition) is 5. The first-order valence-corrected chi connectivity index (χ1v) is 9.10. The average molecular weight is 381 g/mol. The van der Waals surface area contributed by atoms with Crippen molar-refractivity contribution in [2.45, 2.75) is 43.6 Å². The van der Waals surface area contributed by atoms with Gasteiger partial charge in [-0.1, -0.05) is 23.7 Å². The van der Waals surface area contributed by atoms with Gasteiger partial charge in [0.15, 0.2) is 5.79 Å². The highest BCUT2D eigenvalue weighted by Crippen LogP contribution is 2.43. The van der Waals surface area contributed by atoms with Gasteiger partial charge in [0.05, 0.1) is 31.9 Å². The quantitative estimate of drug-likeness (QED) is 0.815. The summed E-state index contributed by atoms with van der Waals surface area (Å²) in [5, 5.41) is 3.30. The number of urea groups is 1. The molecule has 0 unspecified atom stereocenters. The van der Waals surface area contributed by atoms with Crippen LogP contribution in [0.1, 0.15) is 31.2 Å². The van der Waals surface area contributed by atoms with E-state index in [1.54, 1.807) is 18.2 Å². The summed E-state index contributed by atoms with van der Waals surface area (Å²) in [4.78, 5) is 26.8. The molecule has 3 fully saturated rings. The van der Waals surface area contributed by atoms with Gasteiger partial charge in [-0.25, -0.2) is 4.79 Å². The molecule has 0 bridgehead atoms. The summed E-state index contributed by atoms with van der Waals surface area (Å²) in [5.41, 5.74) is -0.204. The predicted octanol–water partition coefficient (Wildman–Crippen LogP) is 2.46. The van der Waals surface area contributed by atoms with Gasteiger partial charge in [-0.2, -0.15) is 0 Å². The number of amides is 3. The first-order valence-electron chi connectivity index (χ1n) is 8.72. The molecule has 8 heteroatoms. The lowest BCUT2D eigenvalue weighted by Crippen LogP contribution is -2.53. The zero-order valence-electron chi connectivity index (χ0n) is 14.5. The van der Waals surface area contributed by atoms with E-state index in [2.05, 4.69) is 5.32 Å². The van der Waals surface area contributed by atoms with Crippen molar-refractivity contribution in [3.63, 3.8) is 0 Å². The number of nitrogens with zero attached hydrogens (tertiary/aromatic N) is 1.